The number of rotatable bonds is 4. The molecular weight excluding hydrogens is 370 g/mol. The number of aromatic amines is 1. The zero-order chi connectivity index (χ0) is 19.8. The highest BCUT2D eigenvalue weighted by molar-refractivity contribution is 6.01. The maximum Gasteiger partial charge on any atom is 0.331 e. The Balaban J connectivity index is 1.66. The first-order valence-corrected chi connectivity index (χ1v) is 10.7. The van der Waals surface area contributed by atoms with Gasteiger partial charge in [0.2, 0.25) is 0 Å². The molecule has 3 aromatic heterocycles. The van der Waals surface area contributed by atoms with Crippen molar-refractivity contribution in [2.45, 2.75) is 44.7 Å². The van der Waals surface area contributed by atoms with E-state index in [1.54, 1.807) is 6.20 Å². The SMILES string of the molecule is O=c1c2cnc3[nH]ccc3c2n(C2CCCCC2)c(=O)n1CCN1CCOCC1. The molecule has 2 fully saturated rings. The van der Waals surface area contributed by atoms with E-state index in [2.05, 4.69) is 14.9 Å². The molecule has 8 nitrogen and oxygen atoms in total. The van der Waals surface area contributed by atoms with Crippen LogP contribution in [0.4, 0.5) is 0 Å². The summed E-state index contributed by atoms with van der Waals surface area (Å²) in [5.74, 6) is 0. The van der Waals surface area contributed by atoms with Gasteiger partial charge in [0, 0.05) is 50.0 Å². The van der Waals surface area contributed by atoms with Crippen LogP contribution in [0.1, 0.15) is 38.1 Å². The van der Waals surface area contributed by atoms with Crippen LogP contribution in [0.5, 0.6) is 0 Å². The van der Waals surface area contributed by atoms with E-state index in [4.69, 9.17) is 4.74 Å². The molecule has 29 heavy (non-hydrogen) atoms. The Morgan fingerprint density at radius 3 is 2.66 bits per heavy atom. The molecule has 2 aliphatic rings. The second-order valence-electron chi connectivity index (χ2n) is 8.12. The first-order chi connectivity index (χ1) is 14.2. The van der Waals surface area contributed by atoms with Crippen molar-refractivity contribution >= 4 is 21.9 Å². The number of morpholine rings is 1. The fourth-order valence-corrected chi connectivity index (χ4v) is 4.81. The van der Waals surface area contributed by atoms with Gasteiger partial charge in [0.05, 0.1) is 24.1 Å². The molecule has 0 atom stereocenters. The van der Waals surface area contributed by atoms with Gasteiger partial charge in [-0.25, -0.2) is 9.78 Å². The summed E-state index contributed by atoms with van der Waals surface area (Å²) in [6, 6.07) is 2.05. The van der Waals surface area contributed by atoms with Crippen molar-refractivity contribution < 1.29 is 4.74 Å². The summed E-state index contributed by atoms with van der Waals surface area (Å²) in [5.41, 5.74) is 1.03. The third kappa shape index (κ3) is 3.30. The number of hydrogen-bond acceptors (Lipinski definition) is 5. The number of pyridine rings is 1. The topological polar surface area (TPSA) is 85.2 Å². The van der Waals surface area contributed by atoms with Gasteiger partial charge in [-0.15, -0.1) is 0 Å². The van der Waals surface area contributed by atoms with Crippen molar-refractivity contribution in [3.63, 3.8) is 0 Å². The Morgan fingerprint density at radius 2 is 1.86 bits per heavy atom. The van der Waals surface area contributed by atoms with Crippen LogP contribution >= 0.6 is 0 Å². The number of aromatic nitrogens is 4. The lowest BCUT2D eigenvalue weighted by Gasteiger charge is -2.28. The maximum atomic E-state index is 13.6. The number of fused-ring (bicyclic) bond motifs is 3. The number of hydrogen-bond donors (Lipinski definition) is 1. The van der Waals surface area contributed by atoms with Crippen molar-refractivity contribution in [3.05, 3.63) is 39.3 Å². The summed E-state index contributed by atoms with van der Waals surface area (Å²) >= 11 is 0. The van der Waals surface area contributed by atoms with Crippen molar-refractivity contribution in [2.75, 3.05) is 32.8 Å². The highest BCUT2D eigenvalue weighted by Gasteiger charge is 2.24. The number of H-pyrrole nitrogens is 1. The van der Waals surface area contributed by atoms with E-state index in [0.29, 0.717) is 37.3 Å². The Labute approximate surface area is 168 Å². The quantitative estimate of drug-likeness (QED) is 0.727. The van der Waals surface area contributed by atoms with Gasteiger partial charge in [-0.3, -0.25) is 18.8 Å². The fourth-order valence-electron chi connectivity index (χ4n) is 4.81. The van der Waals surface area contributed by atoms with Gasteiger partial charge in [-0.1, -0.05) is 19.3 Å². The molecule has 0 bridgehead atoms. The third-order valence-electron chi connectivity index (χ3n) is 6.39. The monoisotopic (exact) mass is 397 g/mol. The van der Waals surface area contributed by atoms with Crippen LogP contribution in [-0.2, 0) is 11.3 Å². The van der Waals surface area contributed by atoms with Crippen LogP contribution in [0.25, 0.3) is 21.9 Å². The molecule has 0 radical (unpaired) electrons. The zero-order valence-corrected chi connectivity index (χ0v) is 16.6. The zero-order valence-electron chi connectivity index (χ0n) is 16.6. The van der Waals surface area contributed by atoms with Gasteiger partial charge >= 0.3 is 5.69 Å². The molecule has 1 aliphatic carbocycles. The minimum atomic E-state index is -0.235. The second kappa shape index (κ2) is 7.76. The minimum Gasteiger partial charge on any atom is -0.379 e. The van der Waals surface area contributed by atoms with Crippen LogP contribution in [0, 0.1) is 0 Å². The maximum absolute atomic E-state index is 13.6. The van der Waals surface area contributed by atoms with E-state index in [1.165, 1.54) is 11.0 Å². The lowest BCUT2D eigenvalue weighted by Crippen LogP contribution is -2.45. The predicted molar refractivity (Wildman–Crippen MR) is 112 cm³/mol. The van der Waals surface area contributed by atoms with Crippen LogP contribution in [0.3, 0.4) is 0 Å². The van der Waals surface area contributed by atoms with Crippen molar-refractivity contribution in [1.29, 1.82) is 0 Å². The molecular formula is C21H27N5O3. The third-order valence-corrected chi connectivity index (χ3v) is 6.39. The minimum absolute atomic E-state index is 0.134. The van der Waals surface area contributed by atoms with Crippen LogP contribution < -0.4 is 11.2 Å². The van der Waals surface area contributed by atoms with Crippen molar-refractivity contribution in [2.24, 2.45) is 0 Å². The average Bonchev–Trinajstić information content (AvgIpc) is 3.24. The van der Waals surface area contributed by atoms with Crippen molar-refractivity contribution in [1.82, 2.24) is 24.0 Å². The van der Waals surface area contributed by atoms with E-state index in [1.807, 2.05) is 16.8 Å². The standard InChI is InChI=1S/C21H27N5O3/c27-20-17-14-23-19-16(6-7-22-19)18(17)26(15-4-2-1-3-5-15)21(28)25(20)9-8-24-10-12-29-13-11-24/h6-7,14-15H,1-5,8-13H2,(H,22,23). The van der Waals surface area contributed by atoms with Gasteiger partial charge in [-0.2, -0.15) is 0 Å². The molecule has 1 saturated heterocycles. The summed E-state index contributed by atoms with van der Waals surface area (Å²) in [6.07, 6.45) is 8.84. The van der Waals surface area contributed by atoms with Crippen LogP contribution in [0.2, 0.25) is 0 Å². The molecule has 0 aromatic carbocycles. The fraction of sp³-hybridized carbons (Fsp3) is 0.571. The summed E-state index contributed by atoms with van der Waals surface area (Å²) in [6.45, 7) is 4.15. The lowest BCUT2D eigenvalue weighted by atomic mass is 9.95. The van der Waals surface area contributed by atoms with Gasteiger partial charge in [0.1, 0.15) is 5.65 Å². The van der Waals surface area contributed by atoms with Gasteiger partial charge in [0.15, 0.2) is 0 Å². The molecule has 3 aromatic rings. The normalized spacial score (nSPS) is 19.3. The molecule has 1 N–H and O–H groups in total. The molecule has 0 unspecified atom stereocenters. The number of nitrogens with one attached hydrogen (secondary N) is 1. The Morgan fingerprint density at radius 1 is 1.07 bits per heavy atom. The summed E-state index contributed by atoms with van der Waals surface area (Å²) < 4.78 is 8.72. The molecule has 0 amide bonds. The Kier molecular flexibility index (Phi) is 4.97. The molecule has 5 rings (SSSR count). The molecule has 0 spiro atoms. The molecule has 8 heteroatoms. The van der Waals surface area contributed by atoms with Gasteiger partial charge < -0.3 is 9.72 Å². The smallest absolute Gasteiger partial charge is 0.331 e. The van der Waals surface area contributed by atoms with Crippen LogP contribution in [-0.4, -0.2) is 56.9 Å². The molecule has 1 saturated carbocycles. The van der Waals surface area contributed by atoms with E-state index >= 15 is 0 Å². The van der Waals surface area contributed by atoms with Crippen LogP contribution in [0.15, 0.2) is 28.0 Å². The lowest BCUT2D eigenvalue weighted by molar-refractivity contribution is 0.0361. The van der Waals surface area contributed by atoms with Crippen molar-refractivity contribution in [3.8, 4) is 0 Å². The second-order valence-corrected chi connectivity index (χ2v) is 8.12. The summed E-state index contributed by atoms with van der Waals surface area (Å²) in [4.78, 5) is 36.7. The first kappa shape index (κ1) is 18.6. The summed E-state index contributed by atoms with van der Waals surface area (Å²) in [7, 11) is 0. The van der Waals surface area contributed by atoms with Gasteiger partial charge in [0.25, 0.3) is 5.56 Å². The predicted octanol–water partition coefficient (Wildman–Crippen LogP) is 1.88. The summed E-state index contributed by atoms with van der Waals surface area (Å²) in [5, 5.41) is 1.38. The molecule has 154 valence electrons. The van der Waals surface area contributed by atoms with E-state index < -0.39 is 0 Å². The number of nitrogens with zero attached hydrogens (tertiary/aromatic N) is 4. The first-order valence-electron chi connectivity index (χ1n) is 10.7. The van der Waals surface area contributed by atoms with E-state index in [0.717, 1.165) is 49.7 Å². The largest absolute Gasteiger partial charge is 0.379 e. The van der Waals surface area contributed by atoms with E-state index in [9.17, 15) is 9.59 Å². The number of ether oxygens (including phenoxy) is 1. The Hall–Kier alpha value is -2.45. The average molecular weight is 397 g/mol. The molecule has 4 heterocycles. The van der Waals surface area contributed by atoms with Gasteiger partial charge in [-0.05, 0) is 18.9 Å². The van der Waals surface area contributed by atoms with E-state index in [-0.39, 0.29) is 17.3 Å². The Bertz CT molecular complexity index is 1130. The highest BCUT2D eigenvalue weighted by atomic mass is 16.5. The molecule has 1 aliphatic heterocycles. The highest BCUT2D eigenvalue weighted by Crippen LogP contribution is 2.30.